The predicted octanol–water partition coefficient (Wildman–Crippen LogP) is 1.56. The Balaban J connectivity index is 2.86. The van der Waals surface area contributed by atoms with Gasteiger partial charge in [0.1, 0.15) is 0 Å². The zero-order chi connectivity index (χ0) is 15.3. The van der Waals surface area contributed by atoms with E-state index in [1.165, 1.54) is 19.2 Å². The number of rotatable bonds is 6. The maximum atomic E-state index is 11.8. The van der Waals surface area contributed by atoms with Crippen molar-refractivity contribution >= 4 is 17.4 Å². The Labute approximate surface area is 116 Å². The van der Waals surface area contributed by atoms with Crippen LogP contribution in [-0.2, 0) is 4.79 Å². The van der Waals surface area contributed by atoms with Gasteiger partial charge in [0.25, 0.3) is 5.91 Å². The second-order valence-electron chi connectivity index (χ2n) is 4.45. The van der Waals surface area contributed by atoms with Gasteiger partial charge in [-0.1, -0.05) is 13.8 Å². The molecule has 0 saturated carbocycles. The van der Waals surface area contributed by atoms with Crippen LogP contribution < -0.4 is 10.1 Å². The number of nitro benzene ring substituents is 1. The number of carbonyl (C=O) groups is 2. The van der Waals surface area contributed by atoms with Gasteiger partial charge in [0.05, 0.1) is 18.6 Å². The summed E-state index contributed by atoms with van der Waals surface area (Å²) < 4.78 is 4.84. The topological polar surface area (TPSA) is 98.5 Å². The summed E-state index contributed by atoms with van der Waals surface area (Å²) in [6.07, 6.45) is 0. The Bertz CT molecular complexity index is 540. The lowest BCUT2D eigenvalue weighted by Gasteiger charge is -2.07. The van der Waals surface area contributed by atoms with Gasteiger partial charge in [-0.2, -0.15) is 0 Å². The van der Waals surface area contributed by atoms with Gasteiger partial charge in [0, 0.05) is 17.5 Å². The molecule has 1 aromatic carbocycles. The minimum Gasteiger partial charge on any atom is -0.490 e. The second kappa shape index (κ2) is 6.65. The molecule has 0 bridgehead atoms. The van der Waals surface area contributed by atoms with E-state index in [0.29, 0.717) is 0 Å². The maximum absolute atomic E-state index is 11.8. The quantitative estimate of drug-likeness (QED) is 0.629. The third-order valence-electron chi connectivity index (χ3n) is 2.70. The molecule has 0 aliphatic heterocycles. The first-order valence-corrected chi connectivity index (χ1v) is 6.00. The summed E-state index contributed by atoms with van der Waals surface area (Å²) in [5.41, 5.74) is -0.190. The lowest BCUT2D eigenvalue weighted by Crippen LogP contribution is -2.31. The maximum Gasteiger partial charge on any atom is 0.311 e. The van der Waals surface area contributed by atoms with Crippen LogP contribution in [-0.4, -0.2) is 30.3 Å². The highest BCUT2D eigenvalue weighted by molar-refractivity contribution is 5.97. The van der Waals surface area contributed by atoms with E-state index in [4.69, 9.17) is 4.74 Å². The molecule has 7 heteroatoms. The van der Waals surface area contributed by atoms with Crippen LogP contribution in [0.5, 0.6) is 5.75 Å². The van der Waals surface area contributed by atoms with Crippen LogP contribution in [0.4, 0.5) is 5.69 Å². The molecule has 0 spiro atoms. The van der Waals surface area contributed by atoms with Crippen molar-refractivity contribution in [1.82, 2.24) is 5.32 Å². The summed E-state index contributed by atoms with van der Waals surface area (Å²) in [6, 6.07) is 3.87. The van der Waals surface area contributed by atoms with E-state index in [-0.39, 0.29) is 35.2 Å². The lowest BCUT2D eigenvalue weighted by atomic mass is 10.1. The van der Waals surface area contributed by atoms with Gasteiger partial charge in [-0.25, -0.2) is 0 Å². The molecule has 1 amide bonds. The van der Waals surface area contributed by atoms with Gasteiger partial charge in [-0.3, -0.25) is 19.7 Å². The average molecular weight is 280 g/mol. The monoisotopic (exact) mass is 280 g/mol. The second-order valence-corrected chi connectivity index (χ2v) is 4.45. The molecular weight excluding hydrogens is 264 g/mol. The zero-order valence-corrected chi connectivity index (χ0v) is 11.5. The predicted molar refractivity (Wildman–Crippen MR) is 71.8 cm³/mol. The van der Waals surface area contributed by atoms with Crippen LogP contribution in [0.1, 0.15) is 24.2 Å². The van der Waals surface area contributed by atoms with Crippen molar-refractivity contribution in [2.24, 2.45) is 5.92 Å². The first kappa shape index (κ1) is 15.6. The van der Waals surface area contributed by atoms with Crippen molar-refractivity contribution in [2.45, 2.75) is 13.8 Å². The number of hydrogen-bond acceptors (Lipinski definition) is 5. The van der Waals surface area contributed by atoms with Crippen molar-refractivity contribution < 1.29 is 19.2 Å². The molecule has 0 saturated heterocycles. The van der Waals surface area contributed by atoms with E-state index >= 15 is 0 Å². The van der Waals surface area contributed by atoms with Crippen LogP contribution in [0.2, 0.25) is 0 Å². The Morgan fingerprint density at radius 2 is 2.05 bits per heavy atom. The number of ketones is 1. The first-order valence-electron chi connectivity index (χ1n) is 6.00. The highest BCUT2D eigenvalue weighted by atomic mass is 16.6. The van der Waals surface area contributed by atoms with Gasteiger partial charge < -0.3 is 10.1 Å². The number of carbonyl (C=O) groups excluding carboxylic acids is 2. The molecule has 0 aliphatic carbocycles. The molecule has 0 aromatic heterocycles. The van der Waals surface area contributed by atoms with E-state index in [9.17, 15) is 19.7 Å². The molecule has 108 valence electrons. The third kappa shape index (κ3) is 3.78. The molecular formula is C13H16N2O5. The zero-order valence-electron chi connectivity index (χ0n) is 11.5. The molecule has 0 fully saturated rings. The fourth-order valence-electron chi connectivity index (χ4n) is 1.45. The van der Waals surface area contributed by atoms with Crippen LogP contribution in [0.15, 0.2) is 18.2 Å². The lowest BCUT2D eigenvalue weighted by molar-refractivity contribution is -0.385. The van der Waals surface area contributed by atoms with Crippen molar-refractivity contribution in [3.05, 3.63) is 33.9 Å². The normalized spacial score (nSPS) is 10.2. The molecule has 20 heavy (non-hydrogen) atoms. The summed E-state index contributed by atoms with van der Waals surface area (Å²) in [4.78, 5) is 33.5. The fourth-order valence-corrected chi connectivity index (χ4v) is 1.45. The van der Waals surface area contributed by atoms with Gasteiger partial charge in [0.15, 0.2) is 11.5 Å². The number of ether oxygens (including phenoxy) is 1. The standard InChI is InChI=1S/C13H16N2O5/c1-8(2)11(16)7-14-13(17)9-4-5-12(20-3)10(6-9)15(18)19/h4-6,8H,7H2,1-3H3,(H,14,17). The summed E-state index contributed by atoms with van der Waals surface area (Å²) in [6.45, 7) is 3.36. The van der Waals surface area contributed by atoms with Gasteiger partial charge in [-0.15, -0.1) is 0 Å². The minimum absolute atomic E-state index is 0.0739. The largest absolute Gasteiger partial charge is 0.490 e. The van der Waals surface area contributed by atoms with Crippen molar-refractivity contribution in [3.63, 3.8) is 0 Å². The van der Waals surface area contributed by atoms with Crippen LogP contribution >= 0.6 is 0 Å². The van der Waals surface area contributed by atoms with Gasteiger partial charge in [0.2, 0.25) is 0 Å². The number of Topliss-reactive ketones (excluding diaryl/α,β-unsaturated/α-hetero) is 1. The van der Waals surface area contributed by atoms with Crippen LogP contribution in [0, 0.1) is 16.0 Å². The Hall–Kier alpha value is -2.44. The van der Waals surface area contributed by atoms with Gasteiger partial charge >= 0.3 is 5.69 Å². The molecule has 1 N–H and O–H groups in total. The summed E-state index contributed by atoms with van der Waals surface area (Å²) in [7, 11) is 1.31. The smallest absolute Gasteiger partial charge is 0.311 e. The van der Waals surface area contributed by atoms with Crippen molar-refractivity contribution in [2.75, 3.05) is 13.7 Å². The number of hydrogen-bond donors (Lipinski definition) is 1. The molecule has 0 aliphatic rings. The van der Waals surface area contributed by atoms with E-state index in [0.717, 1.165) is 6.07 Å². The average Bonchev–Trinajstić information content (AvgIpc) is 2.43. The number of nitrogens with one attached hydrogen (secondary N) is 1. The molecule has 0 atom stereocenters. The molecule has 1 aromatic rings. The van der Waals surface area contributed by atoms with Crippen LogP contribution in [0.25, 0.3) is 0 Å². The Morgan fingerprint density at radius 3 is 2.55 bits per heavy atom. The highest BCUT2D eigenvalue weighted by Gasteiger charge is 2.18. The molecule has 0 heterocycles. The third-order valence-corrected chi connectivity index (χ3v) is 2.70. The fraction of sp³-hybridized carbons (Fsp3) is 0.385. The minimum atomic E-state index is -0.630. The van der Waals surface area contributed by atoms with E-state index < -0.39 is 10.8 Å². The SMILES string of the molecule is COc1ccc(C(=O)NCC(=O)C(C)C)cc1[N+](=O)[O-]. The van der Waals surface area contributed by atoms with Crippen molar-refractivity contribution in [3.8, 4) is 5.75 Å². The summed E-state index contributed by atoms with van der Waals surface area (Å²) >= 11 is 0. The Morgan fingerprint density at radius 1 is 1.40 bits per heavy atom. The molecule has 0 radical (unpaired) electrons. The number of amides is 1. The van der Waals surface area contributed by atoms with Crippen LogP contribution in [0.3, 0.4) is 0 Å². The summed E-state index contributed by atoms with van der Waals surface area (Å²) in [5, 5.41) is 13.3. The van der Waals surface area contributed by atoms with E-state index in [2.05, 4.69) is 5.32 Å². The van der Waals surface area contributed by atoms with E-state index in [1.807, 2.05) is 0 Å². The highest BCUT2D eigenvalue weighted by Crippen LogP contribution is 2.27. The van der Waals surface area contributed by atoms with Crippen molar-refractivity contribution in [1.29, 1.82) is 0 Å². The molecule has 0 unspecified atom stereocenters. The number of nitro groups is 1. The Kier molecular flexibility index (Phi) is 5.19. The number of benzene rings is 1. The molecule has 7 nitrogen and oxygen atoms in total. The summed E-state index contributed by atoms with van der Waals surface area (Å²) in [5.74, 6) is -0.753. The van der Waals surface area contributed by atoms with E-state index in [1.54, 1.807) is 13.8 Å². The van der Waals surface area contributed by atoms with Gasteiger partial charge in [-0.05, 0) is 12.1 Å². The molecule has 1 rings (SSSR count). The number of methoxy groups -OCH3 is 1. The number of nitrogens with zero attached hydrogens (tertiary/aromatic N) is 1. The first-order chi connectivity index (χ1) is 9.36.